The number of aromatic amines is 2. The summed E-state index contributed by atoms with van der Waals surface area (Å²) in [4.78, 5) is 33.7. The highest BCUT2D eigenvalue weighted by Crippen LogP contribution is 2.33. The van der Waals surface area contributed by atoms with Crippen molar-refractivity contribution in [2.45, 2.75) is 33.7 Å². The molecule has 1 amide bonds. The summed E-state index contributed by atoms with van der Waals surface area (Å²) >= 11 is 0. The molecule has 5 heterocycles. The maximum Gasteiger partial charge on any atom is 0.224 e. The van der Waals surface area contributed by atoms with E-state index in [1.54, 1.807) is 36.9 Å². The number of hydrogen-bond donors (Lipinski definition) is 4. The Morgan fingerprint density at radius 2 is 1.78 bits per heavy atom. The third kappa shape index (κ3) is 6.86. The summed E-state index contributed by atoms with van der Waals surface area (Å²) in [5, 5.41) is 11.0. The molecule has 0 aliphatic carbocycles. The number of carbonyl (C=O) groups is 1. The van der Waals surface area contributed by atoms with Gasteiger partial charge in [-0.25, -0.2) is 32.5 Å². The molecule has 6 rings (SSSR count). The van der Waals surface area contributed by atoms with E-state index in [0.717, 1.165) is 17.4 Å². The van der Waals surface area contributed by atoms with Crippen LogP contribution in [-0.2, 0) is 21.4 Å². The fraction of sp³-hybridized carbons (Fsp3) is 0.226. The number of amides is 1. The fourth-order valence-electron chi connectivity index (χ4n) is 4.97. The van der Waals surface area contributed by atoms with Crippen LogP contribution in [-0.4, -0.2) is 55.7 Å². The Morgan fingerprint density at radius 1 is 0.978 bits per heavy atom. The molecule has 5 aromatic heterocycles. The number of benzene rings is 1. The summed E-state index contributed by atoms with van der Waals surface area (Å²) in [6.07, 6.45) is 7.99. The maximum absolute atomic E-state index is 14.6. The summed E-state index contributed by atoms with van der Waals surface area (Å²) in [6, 6.07) is 9.82. The predicted molar refractivity (Wildman–Crippen MR) is 170 cm³/mol. The van der Waals surface area contributed by atoms with Gasteiger partial charge < -0.3 is 10.3 Å². The lowest BCUT2D eigenvalue weighted by Crippen LogP contribution is -2.21. The Morgan fingerprint density at radius 3 is 2.56 bits per heavy atom. The zero-order chi connectivity index (χ0) is 31.9. The molecular formula is C31H30FN9O3S. The van der Waals surface area contributed by atoms with Crippen LogP contribution in [0.4, 0.5) is 10.1 Å². The van der Waals surface area contributed by atoms with Crippen molar-refractivity contribution >= 4 is 43.8 Å². The quantitative estimate of drug-likeness (QED) is 0.179. The van der Waals surface area contributed by atoms with E-state index in [0.29, 0.717) is 62.5 Å². The molecule has 45 heavy (non-hydrogen) atoms. The summed E-state index contributed by atoms with van der Waals surface area (Å²) < 4.78 is 40.1. The Balaban J connectivity index is 1.34. The Labute approximate surface area is 258 Å². The second-order valence-electron chi connectivity index (χ2n) is 12.0. The lowest BCUT2D eigenvalue weighted by molar-refractivity contribution is -0.117. The van der Waals surface area contributed by atoms with Gasteiger partial charge in [0.2, 0.25) is 15.9 Å². The number of rotatable bonds is 8. The monoisotopic (exact) mass is 627 g/mol. The Bertz CT molecular complexity index is 2190. The number of nitrogens with zero attached hydrogens (tertiary/aromatic N) is 5. The lowest BCUT2D eigenvalue weighted by Gasteiger charge is -2.17. The van der Waals surface area contributed by atoms with E-state index in [4.69, 9.17) is 4.98 Å². The van der Waals surface area contributed by atoms with Gasteiger partial charge in [-0.3, -0.25) is 14.9 Å². The highest BCUT2D eigenvalue weighted by atomic mass is 32.2. The van der Waals surface area contributed by atoms with Crippen LogP contribution in [0.3, 0.4) is 0 Å². The van der Waals surface area contributed by atoms with Crippen molar-refractivity contribution in [2.75, 3.05) is 11.6 Å². The molecule has 4 N–H and O–H groups in total. The fourth-order valence-corrected chi connectivity index (χ4v) is 5.40. The van der Waals surface area contributed by atoms with Crippen LogP contribution in [0.1, 0.15) is 32.8 Å². The molecule has 0 saturated heterocycles. The number of carbonyl (C=O) groups excluding carboxylic acids is 1. The molecule has 0 spiro atoms. The minimum Gasteiger partial charge on any atom is -0.325 e. The first-order chi connectivity index (χ1) is 21.3. The number of fused-ring (bicyclic) bond motifs is 2. The van der Waals surface area contributed by atoms with Gasteiger partial charge in [-0.15, -0.1) is 0 Å². The lowest BCUT2D eigenvalue weighted by atomic mass is 9.92. The number of anilines is 1. The third-order valence-electron chi connectivity index (χ3n) is 6.88. The van der Waals surface area contributed by atoms with Crippen LogP contribution >= 0.6 is 0 Å². The van der Waals surface area contributed by atoms with Crippen LogP contribution in [0.25, 0.3) is 56.0 Å². The third-order valence-corrected chi connectivity index (χ3v) is 7.55. The van der Waals surface area contributed by atoms with Gasteiger partial charge in [-0.05, 0) is 52.9 Å². The number of halogens is 1. The molecule has 0 radical (unpaired) electrons. The zero-order valence-corrected chi connectivity index (χ0v) is 25.8. The SMILES string of the molecule is CC(C)(C)CC(=O)Nc1cncc(-c2cnc3[nH]nc(-c4nc5c(-c6cc(F)cc(CNS(C)(=O)=O)c6)ccnc5[nH]4)c3c2)c1. The maximum atomic E-state index is 14.6. The number of nitrogens with one attached hydrogen (secondary N) is 4. The molecule has 12 nitrogen and oxygen atoms in total. The minimum atomic E-state index is -3.46. The van der Waals surface area contributed by atoms with Crippen molar-refractivity contribution in [1.82, 2.24) is 39.8 Å². The van der Waals surface area contributed by atoms with Gasteiger partial charge in [0, 0.05) is 48.2 Å². The van der Waals surface area contributed by atoms with Crippen LogP contribution in [0.2, 0.25) is 0 Å². The number of sulfonamides is 1. The first kappa shape index (κ1) is 30.0. The average molecular weight is 628 g/mol. The second kappa shape index (κ2) is 11.4. The van der Waals surface area contributed by atoms with Crippen molar-refractivity contribution < 1.29 is 17.6 Å². The molecule has 0 atom stereocenters. The van der Waals surface area contributed by atoms with E-state index in [1.807, 2.05) is 32.9 Å². The van der Waals surface area contributed by atoms with Gasteiger partial charge >= 0.3 is 0 Å². The van der Waals surface area contributed by atoms with Crippen molar-refractivity contribution in [3.05, 3.63) is 72.6 Å². The van der Waals surface area contributed by atoms with Crippen LogP contribution in [0.5, 0.6) is 0 Å². The van der Waals surface area contributed by atoms with E-state index in [9.17, 15) is 17.6 Å². The number of H-pyrrole nitrogens is 2. The van der Waals surface area contributed by atoms with E-state index in [1.165, 1.54) is 12.1 Å². The first-order valence-electron chi connectivity index (χ1n) is 14.0. The van der Waals surface area contributed by atoms with Crippen molar-refractivity contribution in [1.29, 1.82) is 0 Å². The minimum absolute atomic E-state index is 0.0556. The Kier molecular flexibility index (Phi) is 7.62. The van der Waals surface area contributed by atoms with Crippen molar-refractivity contribution in [2.24, 2.45) is 5.41 Å². The number of hydrogen-bond acceptors (Lipinski definition) is 8. The van der Waals surface area contributed by atoms with E-state index >= 15 is 0 Å². The van der Waals surface area contributed by atoms with Gasteiger partial charge in [-0.1, -0.05) is 20.8 Å². The smallest absolute Gasteiger partial charge is 0.224 e. The summed E-state index contributed by atoms with van der Waals surface area (Å²) in [5.74, 6) is -0.181. The molecule has 1 aromatic carbocycles. The molecule has 0 fully saturated rings. The molecular weight excluding hydrogens is 597 g/mol. The highest BCUT2D eigenvalue weighted by molar-refractivity contribution is 7.88. The van der Waals surface area contributed by atoms with Gasteiger partial charge in [0.25, 0.3) is 0 Å². The van der Waals surface area contributed by atoms with Crippen LogP contribution < -0.4 is 10.0 Å². The summed E-state index contributed by atoms with van der Waals surface area (Å²) in [6.45, 7) is 5.95. The normalized spacial score (nSPS) is 12.2. The van der Waals surface area contributed by atoms with Crippen LogP contribution in [0.15, 0.2) is 61.2 Å². The number of aromatic nitrogens is 7. The van der Waals surface area contributed by atoms with E-state index in [2.05, 4.69) is 40.2 Å². The van der Waals surface area contributed by atoms with Gasteiger partial charge in [-0.2, -0.15) is 5.10 Å². The molecule has 0 saturated carbocycles. The number of pyridine rings is 3. The predicted octanol–water partition coefficient (Wildman–Crippen LogP) is 5.19. The van der Waals surface area contributed by atoms with Crippen molar-refractivity contribution in [3.8, 4) is 33.8 Å². The largest absolute Gasteiger partial charge is 0.325 e. The number of imidazole rings is 1. The summed E-state index contributed by atoms with van der Waals surface area (Å²) in [5.41, 5.74) is 5.53. The molecule has 230 valence electrons. The van der Waals surface area contributed by atoms with E-state index < -0.39 is 15.8 Å². The van der Waals surface area contributed by atoms with Crippen molar-refractivity contribution in [3.63, 3.8) is 0 Å². The average Bonchev–Trinajstić information content (AvgIpc) is 3.58. The van der Waals surface area contributed by atoms with Gasteiger partial charge in [0.1, 0.15) is 17.0 Å². The van der Waals surface area contributed by atoms with Gasteiger partial charge in [0.05, 0.1) is 23.5 Å². The molecule has 0 aliphatic heterocycles. The first-order valence-corrected chi connectivity index (χ1v) is 15.9. The van der Waals surface area contributed by atoms with Gasteiger partial charge in [0.15, 0.2) is 17.1 Å². The molecule has 6 aromatic rings. The zero-order valence-electron chi connectivity index (χ0n) is 24.9. The highest BCUT2D eigenvalue weighted by Gasteiger charge is 2.19. The Hall–Kier alpha value is -5.08. The summed E-state index contributed by atoms with van der Waals surface area (Å²) in [7, 11) is -3.46. The second-order valence-corrected chi connectivity index (χ2v) is 13.9. The molecule has 14 heteroatoms. The van der Waals surface area contributed by atoms with Crippen LogP contribution in [0, 0.1) is 11.2 Å². The molecule has 0 unspecified atom stereocenters. The van der Waals surface area contributed by atoms with E-state index in [-0.39, 0.29) is 17.9 Å². The molecule has 0 bridgehead atoms. The topological polar surface area (TPSA) is 171 Å². The standard InChI is InChI=1S/C31H30FN9O3S/c1-31(2,3)12-25(42)37-22-10-19(14-33-16-22)20-11-24-27(40-41-28(24)35-15-20)30-38-26-23(5-6-34-29(26)39-30)18-7-17(8-21(32)9-18)13-36-45(4,43)44/h5-11,14-16,36H,12-13H2,1-4H3,(H,37,42)(H,34,38,39)(H,35,40,41). The molecule has 0 aliphatic rings.